The van der Waals surface area contributed by atoms with E-state index in [2.05, 4.69) is 30.7 Å². The third-order valence-corrected chi connectivity index (χ3v) is 3.86. The molecule has 2 heterocycles. The molecule has 0 saturated heterocycles. The van der Waals surface area contributed by atoms with Crippen LogP contribution in [0.3, 0.4) is 0 Å². The first-order valence-electron chi connectivity index (χ1n) is 8.91. The topological polar surface area (TPSA) is 136 Å². The van der Waals surface area contributed by atoms with Crippen LogP contribution in [0, 0.1) is 11.6 Å². The number of hydrogen-bond donors (Lipinski definition) is 4. The van der Waals surface area contributed by atoms with Gasteiger partial charge in [0, 0.05) is 8.54 Å². The molecular formula is C17H20F5N9O. The molecule has 3 aromatic rings. The lowest BCUT2D eigenvalue weighted by atomic mass is 10.3. The average molecular weight is 461 g/mol. The van der Waals surface area contributed by atoms with Crippen LogP contribution < -0.4 is 21.7 Å². The van der Waals surface area contributed by atoms with E-state index in [-0.39, 0.29) is 20.7 Å². The normalized spacial score (nSPS) is 12.3. The Morgan fingerprint density at radius 2 is 1.91 bits per heavy atom. The smallest absolute Gasteiger partial charge is 0.368 e. The van der Waals surface area contributed by atoms with Crippen molar-refractivity contribution in [2.45, 2.75) is 19.1 Å². The number of halogens is 5. The largest absolute Gasteiger partial charge is 0.405 e. The second-order valence-corrected chi connectivity index (χ2v) is 6.40. The highest BCUT2D eigenvalue weighted by Gasteiger charge is 2.29. The molecule has 1 aromatic carbocycles. The van der Waals surface area contributed by atoms with E-state index in [1.54, 1.807) is 5.32 Å². The lowest BCUT2D eigenvalue weighted by Gasteiger charge is -2.16. The van der Waals surface area contributed by atoms with Crippen LogP contribution in [0.5, 0.6) is 0 Å². The minimum Gasteiger partial charge on any atom is -0.368 e. The van der Waals surface area contributed by atoms with Crippen molar-refractivity contribution in [2.75, 3.05) is 22.9 Å². The Labute approximate surface area is 180 Å². The summed E-state index contributed by atoms with van der Waals surface area (Å²) in [5, 5.41) is 10.9. The number of nitrogen functional groups attached to an aromatic ring is 1. The molecule has 0 aliphatic rings. The van der Waals surface area contributed by atoms with Gasteiger partial charge in [-0.15, -0.1) is 5.10 Å². The highest BCUT2D eigenvalue weighted by molar-refractivity contribution is 5.83. The van der Waals surface area contributed by atoms with Gasteiger partial charge in [0.15, 0.2) is 11.6 Å². The summed E-state index contributed by atoms with van der Waals surface area (Å²) in [4.78, 5) is 23.4. The molecule has 3 rings (SSSR count). The second kappa shape index (κ2) is 8.99. The maximum atomic E-state index is 14.1. The highest BCUT2D eigenvalue weighted by Crippen LogP contribution is 2.19. The van der Waals surface area contributed by atoms with Crippen molar-refractivity contribution < 1.29 is 29.6 Å². The predicted molar refractivity (Wildman–Crippen MR) is 107 cm³/mol. The molecule has 2 aromatic heterocycles. The third-order valence-electron chi connectivity index (χ3n) is 3.86. The molecule has 0 fully saturated rings. The Balaban J connectivity index is 0.00000289. The van der Waals surface area contributed by atoms with Gasteiger partial charge in [0.25, 0.3) is 5.95 Å². The summed E-state index contributed by atoms with van der Waals surface area (Å²) in [5.41, 5.74) is 6.26. The number of nitrogens with two attached hydrogens (primary N) is 1. The number of benzene rings is 1. The van der Waals surface area contributed by atoms with E-state index < -0.39 is 42.1 Å². The van der Waals surface area contributed by atoms with Crippen molar-refractivity contribution in [3.63, 3.8) is 0 Å². The number of hydrogen-bond acceptors (Lipinski definition) is 8. The van der Waals surface area contributed by atoms with E-state index in [4.69, 9.17) is 5.73 Å². The summed E-state index contributed by atoms with van der Waals surface area (Å²) in [7, 11) is 0. The van der Waals surface area contributed by atoms with E-state index in [1.165, 1.54) is 31.2 Å². The minimum atomic E-state index is -4.59. The quantitative estimate of drug-likeness (QED) is 0.395. The van der Waals surface area contributed by atoms with E-state index in [1.807, 2.05) is 0 Å². The van der Waals surface area contributed by atoms with E-state index in [0.29, 0.717) is 5.69 Å². The van der Waals surface area contributed by atoms with E-state index in [9.17, 15) is 26.7 Å². The van der Waals surface area contributed by atoms with Crippen molar-refractivity contribution in [1.29, 1.82) is 0 Å². The van der Waals surface area contributed by atoms with Gasteiger partial charge in [0.05, 0.1) is 6.20 Å². The number of amides is 1. The maximum Gasteiger partial charge on any atom is 0.405 e. The predicted octanol–water partition coefficient (Wildman–Crippen LogP) is 2.63. The van der Waals surface area contributed by atoms with Gasteiger partial charge in [-0.1, -0.05) is 0 Å². The molecule has 0 saturated carbocycles. The Morgan fingerprint density at radius 1 is 1.22 bits per heavy atom. The van der Waals surface area contributed by atoms with Crippen molar-refractivity contribution in [3.8, 4) is 5.95 Å². The van der Waals surface area contributed by atoms with Gasteiger partial charge >= 0.3 is 6.18 Å². The number of alkyl halides is 3. The summed E-state index contributed by atoms with van der Waals surface area (Å²) in [5.74, 6) is -3.28. The van der Waals surface area contributed by atoms with Crippen LogP contribution in [0.25, 0.3) is 5.95 Å². The maximum absolute atomic E-state index is 14.1. The molecule has 0 unspecified atom stereocenters. The molecule has 0 aliphatic carbocycles. The lowest BCUT2D eigenvalue weighted by molar-refractivity contribution is -0.138. The van der Waals surface area contributed by atoms with Gasteiger partial charge in [-0.05, 0) is 31.2 Å². The fraction of sp³-hybridized carbons (Fsp3) is 0.235. The van der Waals surface area contributed by atoms with Crippen LogP contribution in [-0.4, -0.2) is 49.4 Å². The molecule has 5 N–H and O–H groups in total. The zero-order valence-corrected chi connectivity index (χ0v) is 16.3. The summed E-state index contributed by atoms with van der Waals surface area (Å²) >= 11 is 0. The molecule has 32 heavy (non-hydrogen) atoms. The minimum absolute atomic E-state index is 0. The highest BCUT2D eigenvalue weighted by atomic mass is 19.4. The van der Waals surface area contributed by atoms with Crippen molar-refractivity contribution in [2.24, 2.45) is 0 Å². The lowest BCUT2D eigenvalue weighted by Crippen LogP contribution is -2.42. The number of nitrogens with one attached hydrogen (secondary N) is 3. The van der Waals surface area contributed by atoms with Crippen LogP contribution in [0.2, 0.25) is 0 Å². The Hall–Kier alpha value is -4.04. The van der Waals surface area contributed by atoms with Gasteiger partial charge < -0.3 is 21.7 Å². The Kier molecular flexibility index (Phi) is 6.36. The van der Waals surface area contributed by atoms with Crippen LogP contribution in [0.15, 0.2) is 30.5 Å². The molecule has 0 spiro atoms. The molecule has 15 heteroatoms. The van der Waals surface area contributed by atoms with Crippen molar-refractivity contribution in [1.82, 2.24) is 30.0 Å². The third kappa shape index (κ3) is 5.77. The van der Waals surface area contributed by atoms with Gasteiger partial charge in [0.2, 0.25) is 17.8 Å². The molecule has 174 valence electrons. The molecule has 1 atom stereocenters. The SMILES string of the molecule is C[C@H](Nc1nc(-n2nc(Nc3ccc(F)cc3)nc2N)ncc1F)C(=O)NCC(F)(F)F.[HH].[HH]. The zero-order valence-electron chi connectivity index (χ0n) is 16.3. The standard InChI is InChI=1S/C17H16F5N9O.2H2/c1-8(13(32)25-7-17(20,21)22)26-12-11(19)6-24-16(28-12)31-14(23)29-15(30-31)27-10-4-2-9(18)3-5-10;;/h2-6,8H,7H2,1H3,(H,25,32)(H,24,26,28)(H3,23,27,29,30);2*1H/t8-;;/m0../s1. The number of anilines is 4. The van der Waals surface area contributed by atoms with Gasteiger partial charge in [-0.25, -0.2) is 13.8 Å². The van der Waals surface area contributed by atoms with Crippen LogP contribution in [0.1, 0.15) is 9.78 Å². The molecule has 0 aliphatic heterocycles. The van der Waals surface area contributed by atoms with E-state index >= 15 is 0 Å². The average Bonchev–Trinajstić information content (AvgIpc) is 3.09. The fourth-order valence-electron chi connectivity index (χ4n) is 2.36. The van der Waals surface area contributed by atoms with E-state index in [0.717, 1.165) is 10.9 Å². The summed E-state index contributed by atoms with van der Waals surface area (Å²) < 4.78 is 64.8. The number of nitrogens with zero attached hydrogens (tertiary/aromatic N) is 5. The first kappa shape index (κ1) is 22.6. The van der Waals surface area contributed by atoms with Crippen molar-refractivity contribution >= 4 is 29.3 Å². The van der Waals surface area contributed by atoms with Crippen LogP contribution >= 0.6 is 0 Å². The molecule has 0 radical (unpaired) electrons. The first-order valence-corrected chi connectivity index (χ1v) is 8.91. The number of carbonyl (C=O) groups is 1. The van der Waals surface area contributed by atoms with Crippen molar-refractivity contribution in [3.05, 3.63) is 42.1 Å². The Morgan fingerprint density at radius 3 is 2.56 bits per heavy atom. The first-order chi connectivity index (χ1) is 15.0. The number of rotatable bonds is 7. The molecule has 0 bridgehead atoms. The summed E-state index contributed by atoms with van der Waals surface area (Å²) in [6, 6.07) is 4.06. The number of aromatic nitrogens is 5. The number of carbonyl (C=O) groups excluding carboxylic acids is 1. The zero-order chi connectivity index (χ0) is 23.5. The van der Waals surface area contributed by atoms with Gasteiger partial charge in [-0.2, -0.15) is 27.8 Å². The molecule has 1 amide bonds. The second-order valence-electron chi connectivity index (χ2n) is 6.40. The summed E-state index contributed by atoms with van der Waals surface area (Å²) in [6.45, 7) is -0.309. The van der Waals surface area contributed by atoms with Gasteiger partial charge in [-0.3, -0.25) is 4.79 Å². The fourth-order valence-corrected chi connectivity index (χ4v) is 2.36. The molecular weight excluding hydrogens is 441 g/mol. The molecule has 10 nitrogen and oxygen atoms in total. The Bertz CT molecular complexity index is 1110. The van der Waals surface area contributed by atoms with Gasteiger partial charge in [0.1, 0.15) is 18.4 Å². The monoisotopic (exact) mass is 461 g/mol. The van der Waals surface area contributed by atoms with Crippen LogP contribution in [-0.2, 0) is 4.79 Å². The van der Waals surface area contributed by atoms with Crippen LogP contribution in [0.4, 0.5) is 45.4 Å². The summed E-state index contributed by atoms with van der Waals surface area (Å²) in [6.07, 6.45) is -3.83.